The zero-order valence-corrected chi connectivity index (χ0v) is 10.1. The van der Waals surface area contributed by atoms with Crippen LogP contribution < -0.4 is 5.12 Å². The van der Waals surface area contributed by atoms with E-state index >= 15 is 0 Å². The molecule has 0 amide bonds. The fourth-order valence-electron chi connectivity index (χ4n) is 1.35. The van der Waals surface area contributed by atoms with Crippen LogP contribution in [0, 0.1) is 0 Å². The molecule has 0 N–H and O–H groups in total. The van der Waals surface area contributed by atoms with Gasteiger partial charge < -0.3 is 0 Å². The van der Waals surface area contributed by atoms with E-state index in [2.05, 4.69) is 0 Å². The molecule has 0 aliphatic carbocycles. The molecule has 1 aromatic rings. The molecule has 0 bridgehead atoms. The van der Waals surface area contributed by atoms with Crippen molar-refractivity contribution in [2.24, 2.45) is 0 Å². The number of anilines is 1. The predicted octanol–water partition coefficient (Wildman–Crippen LogP) is 2.20. The third-order valence-corrected chi connectivity index (χ3v) is 3.98. The first-order valence-corrected chi connectivity index (χ1v) is 7.06. The van der Waals surface area contributed by atoms with Crippen molar-refractivity contribution in [2.75, 3.05) is 23.2 Å². The topological polar surface area (TPSA) is 37.4 Å². The van der Waals surface area contributed by atoms with Gasteiger partial charge in [0.2, 0.25) is 0 Å². The largest absolute Gasteiger partial charge is 0.229 e. The van der Waals surface area contributed by atoms with Crippen LogP contribution in [-0.2, 0) is 9.84 Å². The third-order valence-electron chi connectivity index (χ3n) is 2.15. The van der Waals surface area contributed by atoms with Gasteiger partial charge in [-0.1, -0.05) is 29.6 Å². The molecule has 90 valence electrons. The Morgan fingerprint density at radius 1 is 1.19 bits per heavy atom. The van der Waals surface area contributed by atoms with Gasteiger partial charge >= 0.3 is 0 Å². The van der Waals surface area contributed by atoms with E-state index in [-0.39, 0.29) is 18.1 Å². The minimum Gasteiger partial charge on any atom is -0.229 e. The summed E-state index contributed by atoms with van der Waals surface area (Å²) in [6.45, 7) is 1.67. The van der Waals surface area contributed by atoms with E-state index in [1.54, 1.807) is 37.3 Å². The van der Waals surface area contributed by atoms with Crippen molar-refractivity contribution in [2.45, 2.75) is 13.3 Å². The van der Waals surface area contributed by atoms with E-state index in [1.165, 1.54) is 0 Å². The fraction of sp³-hybridized carbons (Fsp3) is 0.455. The number of rotatable bonds is 6. The van der Waals surface area contributed by atoms with Crippen LogP contribution >= 0.6 is 0 Å². The Morgan fingerprint density at radius 3 is 2.38 bits per heavy atom. The molecular formula is C11H16FNO2S. The SMILES string of the molecule is CCCS(=O)(=O)CCN(F)c1ccccc1. The first kappa shape index (κ1) is 13.0. The summed E-state index contributed by atoms with van der Waals surface area (Å²) in [6, 6.07) is 8.41. The van der Waals surface area contributed by atoms with E-state index in [4.69, 9.17) is 0 Å². The zero-order valence-electron chi connectivity index (χ0n) is 9.27. The summed E-state index contributed by atoms with van der Waals surface area (Å²) in [5.74, 6) is -0.0259. The molecule has 0 unspecified atom stereocenters. The molecule has 0 saturated carbocycles. The van der Waals surface area contributed by atoms with Gasteiger partial charge in [-0.05, 0) is 18.6 Å². The summed E-state index contributed by atoms with van der Waals surface area (Å²) in [5.41, 5.74) is 0.384. The number of sulfone groups is 1. The van der Waals surface area contributed by atoms with Gasteiger partial charge in [0.1, 0.15) is 0 Å². The summed E-state index contributed by atoms with van der Waals surface area (Å²) in [7, 11) is -3.12. The van der Waals surface area contributed by atoms with Crippen LogP contribution in [0.15, 0.2) is 30.3 Å². The quantitative estimate of drug-likeness (QED) is 0.721. The van der Waals surface area contributed by atoms with Crippen molar-refractivity contribution < 1.29 is 12.9 Å². The van der Waals surface area contributed by atoms with Gasteiger partial charge in [0, 0.05) is 5.75 Å². The smallest absolute Gasteiger partial charge is 0.152 e. The second kappa shape index (κ2) is 5.84. The maximum Gasteiger partial charge on any atom is 0.152 e. The Kier molecular flexibility index (Phi) is 4.73. The highest BCUT2D eigenvalue weighted by atomic mass is 32.2. The lowest BCUT2D eigenvalue weighted by Crippen LogP contribution is -2.23. The van der Waals surface area contributed by atoms with Crippen molar-refractivity contribution in [3.8, 4) is 0 Å². The van der Waals surface area contributed by atoms with Crippen LogP contribution in [0.3, 0.4) is 0 Å². The molecule has 0 heterocycles. The summed E-state index contributed by atoms with van der Waals surface area (Å²) in [4.78, 5) is 0. The normalized spacial score (nSPS) is 11.4. The van der Waals surface area contributed by atoms with Gasteiger partial charge in [-0.3, -0.25) is 0 Å². The molecule has 1 aromatic carbocycles. The highest BCUT2D eigenvalue weighted by Crippen LogP contribution is 2.13. The number of benzene rings is 1. The number of hydrogen-bond donors (Lipinski definition) is 0. The minimum absolute atomic E-state index is 0.119. The molecule has 3 nitrogen and oxygen atoms in total. The lowest BCUT2D eigenvalue weighted by molar-refractivity contribution is 0.443. The van der Waals surface area contributed by atoms with Crippen molar-refractivity contribution in [1.82, 2.24) is 0 Å². The second-order valence-electron chi connectivity index (χ2n) is 3.57. The monoisotopic (exact) mass is 245 g/mol. The Labute approximate surface area is 95.7 Å². The van der Waals surface area contributed by atoms with Gasteiger partial charge in [0.25, 0.3) is 0 Å². The average Bonchev–Trinajstić information content (AvgIpc) is 2.27. The molecule has 0 aliphatic heterocycles. The summed E-state index contributed by atoms with van der Waals surface area (Å²) < 4.78 is 36.2. The van der Waals surface area contributed by atoms with Gasteiger partial charge in [0.15, 0.2) is 9.84 Å². The van der Waals surface area contributed by atoms with Gasteiger partial charge in [-0.25, -0.2) is 13.5 Å². The Hall–Kier alpha value is -1.10. The Bertz CT molecular complexity index is 405. The highest BCUT2D eigenvalue weighted by molar-refractivity contribution is 7.91. The number of halogens is 1. The maximum absolute atomic E-state index is 13.5. The molecule has 0 saturated heterocycles. The van der Waals surface area contributed by atoms with Crippen molar-refractivity contribution >= 4 is 15.5 Å². The van der Waals surface area contributed by atoms with Crippen LogP contribution in [-0.4, -0.2) is 26.5 Å². The first-order chi connectivity index (χ1) is 7.55. The van der Waals surface area contributed by atoms with Gasteiger partial charge in [0.05, 0.1) is 18.0 Å². The Balaban J connectivity index is 2.51. The molecular weight excluding hydrogens is 229 g/mol. The van der Waals surface area contributed by atoms with Crippen molar-refractivity contribution in [1.29, 1.82) is 0 Å². The first-order valence-electron chi connectivity index (χ1n) is 5.24. The average molecular weight is 245 g/mol. The molecule has 0 aromatic heterocycles. The lowest BCUT2D eigenvalue weighted by Gasteiger charge is -2.13. The Morgan fingerprint density at radius 2 is 1.81 bits per heavy atom. The third kappa shape index (κ3) is 4.18. The minimum atomic E-state index is -3.12. The van der Waals surface area contributed by atoms with E-state index in [9.17, 15) is 12.9 Å². The summed E-state index contributed by atoms with van der Waals surface area (Å²) in [5, 5.41) is 0.465. The van der Waals surface area contributed by atoms with E-state index in [0.717, 1.165) is 0 Å². The molecule has 0 spiro atoms. The molecule has 0 fully saturated rings. The molecule has 16 heavy (non-hydrogen) atoms. The van der Waals surface area contributed by atoms with Gasteiger partial charge in [-0.2, -0.15) is 0 Å². The zero-order chi connectivity index (χ0) is 12.0. The number of nitrogens with zero attached hydrogens (tertiary/aromatic N) is 1. The standard InChI is InChI=1S/C11H16FNO2S/c1-2-9-16(14,15)10-8-13(12)11-6-4-3-5-7-11/h3-7H,2,8-10H2,1H3. The fourth-order valence-corrected chi connectivity index (χ4v) is 2.62. The van der Waals surface area contributed by atoms with E-state index in [0.29, 0.717) is 17.2 Å². The van der Waals surface area contributed by atoms with E-state index < -0.39 is 9.84 Å². The summed E-state index contributed by atoms with van der Waals surface area (Å²) >= 11 is 0. The second-order valence-corrected chi connectivity index (χ2v) is 5.88. The highest BCUT2D eigenvalue weighted by Gasteiger charge is 2.12. The molecule has 5 heteroatoms. The molecule has 1 rings (SSSR count). The van der Waals surface area contributed by atoms with Crippen LogP contribution in [0.4, 0.5) is 10.2 Å². The predicted molar refractivity (Wildman–Crippen MR) is 63.8 cm³/mol. The van der Waals surface area contributed by atoms with Crippen molar-refractivity contribution in [3.05, 3.63) is 30.3 Å². The lowest BCUT2D eigenvalue weighted by atomic mass is 10.3. The molecule has 0 atom stereocenters. The van der Waals surface area contributed by atoms with Crippen LogP contribution in [0.25, 0.3) is 0 Å². The van der Waals surface area contributed by atoms with Crippen molar-refractivity contribution in [3.63, 3.8) is 0 Å². The van der Waals surface area contributed by atoms with Crippen LogP contribution in [0.1, 0.15) is 13.3 Å². The molecule has 0 aliphatic rings. The molecule has 0 radical (unpaired) electrons. The summed E-state index contributed by atoms with van der Waals surface area (Å²) in [6.07, 6.45) is 0.569. The van der Waals surface area contributed by atoms with Crippen LogP contribution in [0.5, 0.6) is 0 Å². The maximum atomic E-state index is 13.5. The number of para-hydroxylation sites is 1. The number of hydrogen-bond acceptors (Lipinski definition) is 3. The van der Waals surface area contributed by atoms with Crippen LogP contribution in [0.2, 0.25) is 0 Å². The van der Waals surface area contributed by atoms with E-state index in [1.807, 2.05) is 0 Å². The van der Waals surface area contributed by atoms with Gasteiger partial charge in [-0.15, -0.1) is 0 Å².